The number of hydrogen-bond donors (Lipinski definition) is 1. The Labute approximate surface area is 185 Å². The van der Waals surface area contributed by atoms with Gasteiger partial charge >= 0.3 is 0 Å². The number of rotatable bonds is 7. The van der Waals surface area contributed by atoms with E-state index in [0.717, 1.165) is 42.8 Å². The summed E-state index contributed by atoms with van der Waals surface area (Å²) in [5.74, 6) is 0.124. The molecular weight excluding hydrogens is 384 g/mol. The Morgan fingerprint density at radius 2 is 1.81 bits per heavy atom. The summed E-state index contributed by atoms with van der Waals surface area (Å²) in [7, 11) is 0. The molecule has 164 valence electrons. The summed E-state index contributed by atoms with van der Waals surface area (Å²) in [6.07, 6.45) is 5.82. The summed E-state index contributed by atoms with van der Waals surface area (Å²) >= 11 is 0. The monoisotopic (exact) mass is 418 g/mol. The van der Waals surface area contributed by atoms with Crippen LogP contribution in [0.5, 0.6) is 0 Å². The standard InChI is InChI=1S/C26H34N4O/c1-19(2)30(18-20-9-4-3-5-10-20)28-24-17-26(31)29(14-8-13-27)25-16-22-12-7-6-11-21(22)15-23(24)25/h3-5,9-10,15-16,19H,6-8,11-14,17-18,27H2,1-2H3/b28-24+. The van der Waals surface area contributed by atoms with E-state index in [0.29, 0.717) is 19.5 Å². The van der Waals surface area contributed by atoms with Gasteiger partial charge in [-0.1, -0.05) is 30.3 Å². The van der Waals surface area contributed by atoms with Gasteiger partial charge in [-0.25, -0.2) is 0 Å². The molecule has 1 aliphatic carbocycles. The van der Waals surface area contributed by atoms with Crippen LogP contribution in [0.25, 0.3) is 0 Å². The largest absolute Gasteiger partial charge is 0.330 e. The highest BCUT2D eigenvalue weighted by Gasteiger charge is 2.30. The molecule has 2 aliphatic rings. The van der Waals surface area contributed by atoms with E-state index in [1.807, 2.05) is 11.0 Å². The van der Waals surface area contributed by atoms with Crippen molar-refractivity contribution in [3.8, 4) is 0 Å². The van der Waals surface area contributed by atoms with Gasteiger partial charge in [-0.2, -0.15) is 5.10 Å². The average molecular weight is 419 g/mol. The quantitative estimate of drug-likeness (QED) is 0.683. The van der Waals surface area contributed by atoms with E-state index in [2.05, 4.69) is 55.3 Å². The number of anilines is 1. The second-order valence-electron chi connectivity index (χ2n) is 8.93. The number of hydrogen-bond acceptors (Lipinski definition) is 4. The molecule has 4 rings (SSSR count). The molecule has 0 fully saturated rings. The summed E-state index contributed by atoms with van der Waals surface area (Å²) in [6.45, 7) is 6.29. The first kappa shape index (κ1) is 21.6. The highest BCUT2D eigenvalue weighted by atomic mass is 16.2. The van der Waals surface area contributed by atoms with Crippen molar-refractivity contribution in [2.45, 2.75) is 65.0 Å². The molecule has 5 heteroatoms. The number of fused-ring (bicyclic) bond motifs is 2. The van der Waals surface area contributed by atoms with Gasteiger partial charge in [0.25, 0.3) is 0 Å². The Morgan fingerprint density at radius 1 is 1.10 bits per heavy atom. The predicted molar refractivity (Wildman–Crippen MR) is 127 cm³/mol. The Bertz CT molecular complexity index is 951. The normalized spacial score (nSPS) is 17.1. The van der Waals surface area contributed by atoms with Crippen molar-refractivity contribution in [2.75, 3.05) is 18.0 Å². The Balaban J connectivity index is 1.74. The second-order valence-corrected chi connectivity index (χ2v) is 8.93. The topological polar surface area (TPSA) is 61.9 Å². The van der Waals surface area contributed by atoms with Crippen LogP contribution in [-0.4, -0.2) is 35.8 Å². The molecule has 0 aromatic heterocycles. The van der Waals surface area contributed by atoms with Crippen LogP contribution in [0.15, 0.2) is 47.6 Å². The molecule has 2 aromatic rings. The van der Waals surface area contributed by atoms with E-state index in [1.165, 1.54) is 29.5 Å². The number of carbonyl (C=O) groups is 1. The van der Waals surface area contributed by atoms with E-state index in [4.69, 9.17) is 10.8 Å². The molecule has 1 heterocycles. The summed E-state index contributed by atoms with van der Waals surface area (Å²) in [4.78, 5) is 15.1. The molecule has 1 aliphatic heterocycles. The van der Waals surface area contributed by atoms with E-state index in [1.54, 1.807) is 0 Å². The smallest absolute Gasteiger partial charge is 0.233 e. The minimum atomic E-state index is 0.124. The maximum absolute atomic E-state index is 13.1. The molecule has 0 spiro atoms. The number of hydrazone groups is 1. The van der Waals surface area contributed by atoms with Crippen LogP contribution < -0.4 is 10.6 Å². The van der Waals surface area contributed by atoms with Gasteiger partial charge in [0.2, 0.25) is 5.91 Å². The van der Waals surface area contributed by atoms with Crippen LogP contribution in [0.4, 0.5) is 5.69 Å². The lowest BCUT2D eigenvalue weighted by Crippen LogP contribution is -2.40. The fourth-order valence-electron chi connectivity index (χ4n) is 4.54. The molecular formula is C26H34N4O. The third-order valence-electron chi connectivity index (χ3n) is 6.30. The van der Waals surface area contributed by atoms with Crippen LogP contribution in [0, 0.1) is 0 Å². The molecule has 5 nitrogen and oxygen atoms in total. The first-order valence-electron chi connectivity index (χ1n) is 11.6. The van der Waals surface area contributed by atoms with Crippen molar-refractivity contribution in [1.29, 1.82) is 0 Å². The van der Waals surface area contributed by atoms with E-state index >= 15 is 0 Å². The molecule has 0 atom stereocenters. The number of aryl methyl sites for hydroxylation is 2. The SMILES string of the molecule is CC(C)N(Cc1ccccc1)/N=C1\CC(=O)N(CCCN)c2cc3c(cc21)CCCC3. The summed E-state index contributed by atoms with van der Waals surface area (Å²) in [6, 6.07) is 15.2. The lowest BCUT2D eigenvalue weighted by molar-refractivity contribution is -0.117. The molecule has 0 bridgehead atoms. The molecule has 2 aromatic carbocycles. The van der Waals surface area contributed by atoms with Crippen LogP contribution in [0.1, 0.15) is 61.8 Å². The van der Waals surface area contributed by atoms with E-state index in [9.17, 15) is 4.79 Å². The minimum Gasteiger partial charge on any atom is -0.330 e. The Hall–Kier alpha value is -2.66. The van der Waals surface area contributed by atoms with Gasteiger partial charge in [0.15, 0.2) is 0 Å². The lowest BCUT2D eigenvalue weighted by Gasteiger charge is -2.34. The van der Waals surface area contributed by atoms with Gasteiger partial charge in [-0.05, 0) is 81.3 Å². The van der Waals surface area contributed by atoms with Gasteiger partial charge in [-0.15, -0.1) is 0 Å². The predicted octanol–water partition coefficient (Wildman–Crippen LogP) is 4.27. The summed E-state index contributed by atoms with van der Waals surface area (Å²) in [5, 5.41) is 7.17. The van der Waals surface area contributed by atoms with Crippen LogP contribution in [0.3, 0.4) is 0 Å². The van der Waals surface area contributed by atoms with Gasteiger partial charge in [-0.3, -0.25) is 9.80 Å². The average Bonchev–Trinajstić information content (AvgIpc) is 2.78. The zero-order valence-corrected chi connectivity index (χ0v) is 18.8. The zero-order chi connectivity index (χ0) is 21.8. The van der Waals surface area contributed by atoms with Crippen molar-refractivity contribution in [3.63, 3.8) is 0 Å². The van der Waals surface area contributed by atoms with Crippen LogP contribution in [-0.2, 0) is 24.2 Å². The third-order valence-corrected chi connectivity index (χ3v) is 6.30. The summed E-state index contributed by atoms with van der Waals surface area (Å²) in [5.41, 5.74) is 12.8. The summed E-state index contributed by atoms with van der Waals surface area (Å²) < 4.78 is 0. The molecule has 0 radical (unpaired) electrons. The first-order valence-corrected chi connectivity index (χ1v) is 11.6. The molecule has 1 amide bonds. The Kier molecular flexibility index (Phi) is 6.71. The second kappa shape index (κ2) is 9.65. The van der Waals surface area contributed by atoms with Crippen molar-refractivity contribution in [2.24, 2.45) is 10.8 Å². The molecule has 31 heavy (non-hydrogen) atoms. The fraction of sp³-hybridized carbons (Fsp3) is 0.462. The number of nitrogens with two attached hydrogens (primary N) is 1. The molecule has 2 N–H and O–H groups in total. The van der Waals surface area contributed by atoms with Gasteiger partial charge < -0.3 is 10.6 Å². The van der Waals surface area contributed by atoms with Crippen molar-refractivity contribution in [1.82, 2.24) is 5.01 Å². The van der Waals surface area contributed by atoms with Gasteiger partial charge in [0.05, 0.1) is 24.4 Å². The van der Waals surface area contributed by atoms with Crippen molar-refractivity contribution < 1.29 is 4.79 Å². The number of amides is 1. The van der Waals surface area contributed by atoms with E-state index in [-0.39, 0.29) is 11.9 Å². The van der Waals surface area contributed by atoms with Crippen LogP contribution >= 0.6 is 0 Å². The van der Waals surface area contributed by atoms with E-state index < -0.39 is 0 Å². The highest BCUT2D eigenvalue weighted by Crippen LogP contribution is 2.34. The number of carbonyl (C=O) groups excluding carboxylic acids is 1. The molecule has 0 unspecified atom stereocenters. The fourth-order valence-corrected chi connectivity index (χ4v) is 4.54. The zero-order valence-electron chi connectivity index (χ0n) is 18.8. The minimum absolute atomic E-state index is 0.124. The first-order chi connectivity index (χ1) is 15.1. The highest BCUT2D eigenvalue weighted by molar-refractivity contribution is 6.21. The molecule has 0 saturated heterocycles. The maximum atomic E-state index is 13.1. The van der Waals surface area contributed by atoms with Crippen LogP contribution in [0.2, 0.25) is 0 Å². The Morgan fingerprint density at radius 3 is 2.48 bits per heavy atom. The maximum Gasteiger partial charge on any atom is 0.233 e. The lowest BCUT2D eigenvalue weighted by atomic mass is 9.86. The third kappa shape index (κ3) is 4.82. The van der Waals surface area contributed by atoms with Gasteiger partial charge in [0.1, 0.15) is 0 Å². The number of nitrogens with zero attached hydrogens (tertiary/aromatic N) is 3. The van der Waals surface area contributed by atoms with Gasteiger partial charge in [0, 0.05) is 18.2 Å². The number of benzene rings is 2. The van der Waals surface area contributed by atoms with Crippen molar-refractivity contribution in [3.05, 3.63) is 64.7 Å². The molecule has 0 saturated carbocycles. The van der Waals surface area contributed by atoms with Crippen molar-refractivity contribution >= 4 is 17.3 Å².